The number of amidine groups is 1. The quantitative estimate of drug-likeness (QED) is 0.156. The minimum absolute atomic E-state index is 0.0102. The van der Waals surface area contributed by atoms with E-state index in [1.165, 1.54) is 61.2 Å². The van der Waals surface area contributed by atoms with Crippen LogP contribution in [0, 0.1) is 0 Å². The van der Waals surface area contributed by atoms with E-state index >= 15 is 0 Å². The van der Waals surface area contributed by atoms with Crippen molar-refractivity contribution in [3.05, 3.63) is 292 Å². The fourth-order valence-corrected chi connectivity index (χ4v) is 11.8. The molecule has 5 nitrogen and oxygen atoms in total. The van der Waals surface area contributed by atoms with Gasteiger partial charge in [-0.25, -0.2) is 4.99 Å². The smallest absolute Gasteiger partial charge is 0.131 e. The Labute approximate surface area is 402 Å². The highest BCUT2D eigenvalue weighted by Crippen LogP contribution is 2.63. The average molecular weight is 884 g/mol. The van der Waals surface area contributed by atoms with E-state index in [2.05, 4.69) is 241 Å². The molecule has 5 heteroatoms. The summed E-state index contributed by atoms with van der Waals surface area (Å²) in [5.41, 5.74) is 23.8. The number of aromatic nitrogens is 1. The Hall–Kier alpha value is -8.64. The fourth-order valence-electron chi connectivity index (χ4n) is 11.8. The van der Waals surface area contributed by atoms with Crippen LogP contribution in [0.5, 0.6) is 0 Å². The zero-order chi connectivity index (χ0) is 45.5. The van der Waals surface area contributed by atoms with Crippen molar-refractivity contribution in [3.8, 4) is 44.5 Å². The molecule has 3 N–H and O–H groups in total. The number of fused-ring (bicyclic) bond motifs is 13. The number of hydrogen-bond acceptors (Lipinski definition) is 5. The maximum Gasteiger partial charge on any atom is 0.131 e. The molecule has 5 aliphatic rings. The Kier molecular flexibility index (Phi) is 9.01. The van der Waals surface area contributed by atoms with Gasteiger partial charge in [0, 0.05) is 11.8 Å². The van der Waals surface area contributed by atoms with Crippen LogP contribution in [0.25, 0.3) is 56.2 Å². The second kappa shape index (κ2) is 15.7. The van der Waals surface area contributed by atoms with Crippen molar-refractivity contribution in [2.45, 2.75) is 23.8 Å². The summed E-state index contributed by atoms with van der Waals surface area (Å²) in [4.78, 5) is 10.2. The Bertz CT molecular complexity index is 3610. The van der Waals surface area contributed by atoms with Crippen LogP contribution in [0.4, 0.5) is 0 Å². The first-order valence-electron chi connectivity index (χ1n) is 23.9. The van der Waals surface area contributed by atoms with E-state index in [0.717, 1.165) is 56.0 Å². The second-order valence-corrected chi connectivity index (χ2v) is 18.6. The van der Waals surface area contributed by atoms with E-state index in [9.17, 15) is 0 Å². The number of aliphatic imine (C=N–C) groups is 1. The summed E-state index contributed by atoms with van der Waals surface area (Å²) < 4.78 is 0. The van der Waals surface area contributed by atoms with Gasteiger partial charge in [0.15, 0.2) is 0 Å². The first-order chi connectivity index (χ1) is 34.2. The molecular formula is C64H45N5. The van der Waals surface area contributed by atoms with Crippen molar-refractivity contribution in [3.63, 3.8) is 0 Å². The molecule has 326 valence electrons. The van der Waals surface area contributed by atoms with E-state index < -0.39 is 5.41 Å². The topological polar surface area (TPSA) is 61.3 Å². The van der Waals surface area contributed by atoms with Gasteiger partial charge in [-0.2, -0.15) is 0 Å². The summed E-state index contributed by atoms with van der Waals surface area (Å²) >= 11 is 0. The fraction of sp³-hybridized carbons (Fsp3) is 0.0625. The van der Waals surface area contributed by atoms with Gasteiger partial charge in [-0.15, -0.1) is 0 Å². The molecule has 3 aliphatic carbocycles. The Balaban J connectivity index is 0.925. The van der Waals surface area contributed by atoms with Gasteiger partial charge in [-0.05, 0) is 143 Å². The largest absolute Gasteiger partial charge is 0.379 e. The van der Waals surface area contributed by atoms with Crippen molar-refractivity contribution in [2.75, 3.05) is 0 Å². The molecule has 0 fully saturated rings. The maximum absolute atomic E-state index is 5.44. The monoisotopic (exact) mass is 883 g/mol. The molecule has 1 aromatic heterocycles. The highest BCUT2D eigenvalue weighted by atomic mass is 15.3. The van der Waals surface area contributed by atoms with Gasteiger partial charge in [0.1, 0.15) is 18.2 Å². The van der Waals surface area contributed by atoms with Crippen LogP contribution in [0.2, 0.25) is 0 Å². The molecule has 8 aromatic carbocycles. The van der Waals surface area contributed by atoms with Gasteiger partial charge < -0.3 is 10.6 Å². The highest BCUT2D eigenvalue weighted by molar-refractivity contribution is 6.00. The van der Waals surface area contributed by atoms with Crippen LogP contribution in [-0.4, -0.2) is 10.8 Å². The van der Waals surface area contributed by atoms with Crippen molar-refractivity contribution in [1.29, 1.82) is 0 Å². The van der Waals surface area contributed by atoms with Gasteiger partial charge in [-0.1, -0.05) is 188 Å². The molecular weight excluding hydrogens is 839 g/mol. The van der Waals surface area contributed by atoms with Crippen LogP contribution in [-0.2, 0) is 5.41 Å². The van der Waals surface area contributed by atoms with E-state index in [1.54, 1.807) is 0 Å². The van der Waals surface area contributed by atoms with Crippen molar-refractivity contribution < 1.29 is 0 Å². The van der Waals surface area contributed by atoms with Crippen LogP contribution < -0.4 is 16.0 Å². The van der Waals surface area contributed by atoms with E-state index in [0.29, 0.717) is 0 Å². The van der Waals surface area contributed by atoms with Crippen molar-refractivity contribution >= 4 is 17.5 Å². The lowest BCUT2D eigenvalue weighted by Crippen LogP contribution is -2.44. The zero-order valence-corrected chi connectivity index (χ0v) is 37.6. The summed E-state index contributed by atoms with van der Waals surface area (Å²) in [6.45, 7) is 0. The molecule has 14 rings (SSSR count). The van der Waals surface area contributed by atoms with Crippen molar-refractivity contribution in [2.24, 2.45) is 4.99 Å². The van der Waals surface area contributed by atoms with E-state index in [-0.39, 0.29) is 18.4 Å². The number of dihydropyridines is 1. The maximum atomic E-state index is 5.44. The summed E-state index contributed by atoms with van der Waals surface area (Å²) in [7, 11) is 0. The van der Waals surface area contributed by atoms with Crippen molar-refractivity contribution in [1.82, 2.24) is 20.9 Å². The number of hydrogen-bond donors (Lipinski definition) is 3. The number of nitrogens with one attached hydrogen (secondary N) is 3. The lowest BCUT2D eigenvalue weighted by Gasteiger charge is -2.32. The zero-order valence-electron chi connectivity index (χ0n) is 37.6. The third-order valence-corrected chi connectivity index (χ3v) is 14.9. The lowest BCUT2D eigenvalue weighted by molar-refractivity contribution is 0.409. The molecule has 3 atom stereocenters. The lowest BCUT2D eigenvalue weighted by atomic mass is 9.70. The summed E-state index contributed by atoms with van der Waals surface area (Å²) in [6, 6.07) is 75.6. The minimum Gasteiger partial charge on any atom is -0.379 e. The summed E-state index contributed by atoms with van der Waals surface area (Å²) in [5, 5.41) is 11.2. The van der Waals surface area contributed by atoms with E-state index in [4.69, 9.17) is 9.98 Å². The predicted molar refractivity (Wildman–Crippen MR) is 280 cm³/mol. The van der Waals surface area contributed by atoms with Gasteiger partial charge in [0.05, 0.1) is 17.2 Å². The van der Waals surface area contributed by atoms with Gasteiger partial charge >= 0.3 is 0 Å². The third-order valence-electron chi connectivity index (χ3n) is 14.9. The molecule has 0 saturated heterocycles. The molecule has 0 radical (unpaired) electrons. The van der Waals surface area contributed by atoms with Crippen LogP contribution >= 0.6 is 0 Å². The summed E-state index contributed by atoms with van der Waals surface area (Å²) in [5.74, 6) is 0.860. The Morgan fingerprint density at radius 2 is 1.04 bits per heavy atom. The highest BCUT2D eigenvalue weighted by Gasteiger charge is 2.51. The SMILES string of the molecule is C1=CC(c2ccc(-c3cc(-c4ccc5c(c4)-c4ccccc4C54c5ccccc5-c5ccccc54)cc(C4N=C(c5ccccc5)NC(c5ccccc5)N4)c3)cc2)=C2C=Cc3cccnc3C2N1. The van der Waals surface area contributed by atoms with Gasteiger partial charge in [0.25, 0.3) is 0 Å². The van der Waals surface area contributed by atoms with Crippen LogP contribution in [0.3, 0.4) is 0 Å². The normalized spacial score (nSPS) is 18.5. The second-order valence-electron chi connectivity index (χ2n) is 18.6. The molecule has 2 aliphatic heterocycles. The first-order valence-corrected chi connectivity index (χ1v) is 23.9. The number of benzene rings is 8. The standard InChI is InChI=1S/C64H45N5/c1-3-14-43(15-4-1)61-67-62(44-16-5-2-6-17-44)69-63(68-61)48-37-46(40-25-27-41(28-26-40)49-33-35-66-60-53(49)31-29-42-18-13-34-65-59(42)60)36-47(38-48)45-30-32-58-54(39-45)52-21-9-12-24-57(52)64(58)55-22-10-7-19-50(55)51-20-8-11-23-56(51)64/h1-39,60-61,63,66,68H,(H,67,69). The number of nitrogens with zero attached hydrogens (tertiary/aromatic N) is 2. The van der Waals surface area contributed by atoms with Crippen LogP contribution in [0.1, 0.15) is 74.1 Å². The molecule has 3 unspecified atom stereocenters. The summed E-state index contributed by atoms with van der Waals surface area (Å²) in [6.07, 6.45) is 10.1. The molecule has 0 saturated carbocycles. The minimum atomic E-state index is -0.395. The molecule has 1 spiro atoms. The van der Waals surface area contributed by atoms with E-state index in [1.807, 2.05) is 12.3 Å². The van der Waals surface area contributed by atoms with Crippen LogP contribution in [0.15, 0.2) is 241 Å². The molecule has 3 heterocycles. The number of pyridine rings is 1. The predicted octanol–water partition coefficient (Wildman–Crippen LogP) is 13.7. The van der Waals surface area contributed by atoms with Gasteiger partial charge in [-0.3, -0.25) is 10.3 Å². The van der Waals surface area contributed by atoms with Gasteiger partial charge in [0.2, 0.25) is 0 Å². The average Bonchev–Trinajstić information content (AvgIpc) is 3.90. The number of rotatable bonds is 6. The Morgan fingerprint density at radius 3 is 1.77 bits per heavy atom. The molecule has 0 bridgehead atoms. The Morgan fingerprint density at radius 1 is 0.435 bits per heavy atom. The number of allylic oxidation sites excluding steroid dienone is 2. The molecule has 0 amide bonds. The molecule has 69 heavy (non-hydrogen) atoms. The third kappa shape index (κ3) is 6.21. The first kappa shape index (κ1) is 39.5. The molecule has 9 aromatic rings.